The van der Waals surface area contributed by atoms with Crippen LogP contribution in [-0.4, -0.2) is 16.9 Å². The first-order valence-corrected chi connectivity index (χ1v) is 6.38. The smallest absolute Gasteiger partial charge is 0.142 e. The van der Waals surface area contributed by atoms with Crippen LogP contribution in [0.1, 0.15) is 37.3 Å². The Hall–Kier alpha value is -0.710. The van der Waals surface area contributed by atoms with Gasteiger partial charge >= 0.3 is 0 Å². The third-order valence-electron chi connectivity index (χ3n) is 3.68. The highest BCUT2D eigenvalue weighted by Crippen LogP contribution is 2.40. The molecule has 100 valence electrons. The highest BCUT2D eigenvalue weighted by Gasteiger charge is 2.40. The maximum absolute atomic E-state index is 13.4. The quantitative estimate of drug-likeness (QED) is 0.871. The van der Waals surface area contributed by atoms with E-state index in [-0.39, 0.29) is 30.7 Å². The zero-order valence-electron chi connectivity index (χ0n) is 9.87. The number of nitrogens with two attached hydrogens (primary N) is 1. The minimum absolute atomic E-state index is 0.0687. The molecule has 0 spiro atoms. The summed E-state index contributed by atoms with van der Waals surface area (Å²) in [4.78, 5) is 0. The summed E-state index contributed by atoms with van der Waals surface area (Å²) in [6, 6.07) is 3.53. The lowest BCUT2D eigenvalue weighted by atomic mass is 9.76. The van der Waals surface area contributed by atoms with E-state index in [1.165, 1.54) is 12.1 Å². The molecule has 0 radical (unpaired) electrons. The van der Waals surface area contributed by atoms with E-state index in [1.807, 2.05) is 0 Å². The first-order chi connectivity index (χ1) is 8.44. The summed E-state index contributed by atoms with van der Waals surface area (Å²) < 4.78 is 26.5. The van der Waals surface area contributed by atoms with E-state index in [9.17, 15) is 13.9 Å². The van der Waals surface area contributed by atoms with Crippen LogP contribution in [0.15, 0.2) is 18.2 Å². The van der Waals surface area contributed by atoms with Crippen molar-refractivity contribution in [1.29, 1.82) is 0 Å². The van der Waals surface area contributed by atoms with Gasteiger partial charge in [0.25, 0.3) is 0 Å². The van der Waals surface area contributed by atoms with Crippen LogP contribution in [0.25, 0.3) is 0 Å². The van der Waals surface area contributed by atoms with Crippen LogP contribution in [0, 0.1) is 5.82 Å². The molecule has 1 aliphatic carbocycles. The third-order valence-corrected chi connectivity index (χ3v) is 4.08. The Bertz CT molecular complexity index is 433. The van der Waals surface area contributed by atoms with Gasteiger partial charge in [-0.05, 0) is 37.3 Å². The highest BCUT2D eigenvalue weighted by atomic mass is 35.5. The van der Waals surface area contributed by atoms with Crippen LogP contribution >= 0.6 is 11.6 Å². The maximum atomic E-state index is 13.4. The average Bonchev–Trinajstić information content (AvgIpc) is 2.36. The molecule has 0 bridgehead atoms. The number of alkyl halides is 1. The molecule has 1 aromatic rings. The SMILES string of the molecule is NC(c1cccc(F)c1Cl)C1(O)CCC(F)CC1. The van der Waals surface area contributed by atoms with Crippen molar-refractivity contribution in [1.82, 2.24) is 0 Å². The number of aliphatic hydroxyl groups is 1. The van der Waals surface area contributed by atoms with Gasteiger partial charge in [-0.25, -0.2) is 8.78 Å². The normalized spacial score (nSPS) is 30.2. The summed E-state index contributed by atoms with van der Waals surface area (Å²) in [5.41, 5.74) is 5.16. The van der Waals surface area contributed by atoms with Gasteiger partial charge in [-0.3, -0.25) is 0 Å². The number of rotatable bonds is 2. The van der Waals surface area contributed by atoms with E-state index >= 15 is 0 Å². The summed E-state index contributed by atoms with van der Waals surface area (Å²) in [6.45, 7) is 0. The van der Waals surface area contributed by atoms with Gasteiger partial charge in [0.1, 0.15) is 12.0 Å². The Morgan fingerprint density at radius 3 is 2.61 bits per heavy atom. The summed E-state index contributed by atoms with van der Waals surface area (Å²) in [7, 11) is 0. The second-order valence-electron chi connectivity index (χ2n) is 4.90. The molecule has 0 saturated heterocycles. The van der Waals surface area contributed by atoms with Crippen molar-refractivity contribution in [2.45, 2.75) is 43.5 Å². The molecule has 0 amide bonds. The lowest BCUT2D eigenvalue weighted by molar-refractivity contribution is -0.0364. The molecule has 3 N–H and O–H groups in total. The van der Waals surface area contributed by atoms with E-state index in [0.29, 0.717) is 5.56 Å². The van der Waals surface area contributed by atoms with Crippen LogP contribution in [0.4, 0.5) is 8.78 Å². The largest absolute Gasteiger partial charge is 0.388 e. The molecule has 1 unspecified atom stereocenters. The average molecular weight is 276 g/mol. The van der Waals surface area contributed by atoms with E-state index in [4.69, 9.17) is 17.3 Å². The summed E-state index contributed by atoms with van der Waals surface area (Å²) >= 11 is 5.86. The highest BCUT2D eigenvalue weighted by molar-refractivity contribution is 6.31. The van der Waals surface area contributed by atoms with Crippen LogP contribution in [0.3, 0.4) is 0 Å². The maximum Gasteiger partial charge on any atom is 0.142 e. The molecule has 1 aliphatic rings. The fourth-order valence-corrected chi connectivity index (χ4v) is 2.69. The van der Waals surface area contributed by atoms with Crippen molar-refractivity contribution in [3.05, 3.63) is 34.6 Å². The Kier molecular flexibility index (Phi) is 3.90. The number of hydrogen-bond acceptors (Lipinski definition) is 2. The van der Waals surface area contributed by atoms with E-state index in [2.05, 4.69) is 0 Å². The Labute approximate surface area is 110 Å². The van der Waals surface area contributed by atoms with Crippen LogP contribution in [-0.2, 0) is 0 Å². The van der Waals surface area contributed by atoms with E-state index in [0.717, 1.165) is 0 Å². The van der Waals surface area contributed by atoms with E-state index < -0.39 is 23.6 Å². The van der Waals surface area contributed by atoms with Gasteiger partial charge < -0.3 is 10.8 Å². The fourth-order valence-electron chi connectivity index (χ4n) is 2.44. The standard InChI is InChI=1S/C13H16ClF2NO/c14-11-9(2-1-3-10(11)16)12(17)13(18)6-4-8(15)5-7-13/h1-3,8,12,18H,4-7,17H2. The second-order valence-corrected chi connectivity index (χ2v) is 5.28. The zero-order valence-corrected chi connectivity index (χ0v) is 10.6. The number of benzene rings is 1. The van der Waals surface area contributed by atoms with Crippen LogP contribution in [0.2, 0.25) is 5.02 Å². The lowest BCUT2D eigenvalue weighted by Crippen LogP contribution is -2.44. The summed E-state index contributed by atoms with van der Waals surface area (Å²) in [6.07, 6.45) is 0.193. The first kappa shape index (κ1) is 13.7. The molecule has 1 atom stereocenters. The Morgan fingerprint density at radius 2 is 2.00 bits per heavy atom. The predicted molar refractivity (Wildman–Crippen MR) is 66.7 cm³/mol. The van der Waals surface area contributed by atoms with Crippen molar-refractivity contribution in [3.63, 3.8) is 0 Å². The molecule has 0 aromatic heterocycles. The van der Waals surface area contributed by atoms with E-state index in [1.54, 1.807) is 6.07 Å². The first-order valence-electron chi connectivity index (χ1n) is 6.00. The molecule has 18 heavy (non-hydrogen) atoms. The van der Waals surface area contributed by atoms with Crippen molar-refractivity contribution in [3.8, 4) is 0 Å². The molecule has 1 saturated carbocycles. The monoisotopic (exact) mass is 275 g/mol. The molecule has 1 aromatic carbocycles. The fraction of sp³-hybridized carbons (Fsp3) is 0.538. The lowest BCUT2D eigenvalue weighted by Gasteiger charge is -2.38. The van der Waals surface area contributed by atoms with Crippen LogP contribution < -0.4 is 5.73 Å². The van der Waals surface area contributed by atoms with Gasteiger partial charge in [0.05, 0.1) is 16.7 Å². The number of hydrogen-bond donors (Lipinski definition) is 2. The second kappa shape index (κ2) is 5.11. The van der Waals surface area contributed by atoms with Gasteiger partial charge in [-0.15, -0.1) is 0 Å². The molecule has 0 heterocycles. The zero-order chi connectivity index (χ0) is 13.3. The Balaban J connectivity index is 2.25. The topological polar surface area (TPSA) is 46.2 Å². The summed E-state index contributed by atoms with van der Waals surface area (Å²) in [5.74, 6) is -0.563. The van der Waals surface area contributed by atoms with Crippen molar-refractivity contribution < 1.29 is 13.9 Å². The molecule has 1 fully saturated rings. The molecular weight excluding hydrogens is 260 g/mol. The van der Waals surface area contributed by atoms with Gasteiger partial charge in [-0.2, -0.15) is 0 Å². The van der Waals surface area contributed by atoms with Gasteiger partial charge in [0, 0.05) is 0 Å². The number of halogens is 3. The van der Waals surface area contributed by atoms with Crippen LogP contribution in [0.5, 0.6) is 0 Å². The van der Waals surface area contributed by atoms with Crippen molar-refractivity contribution in [2.24, 2.45) is 5.73 Å². The Morgan fingerprint density at radius 1 is 1.39 bits per heavy atom. The summed E-state index contributed by atoms with van der Waals surface area (Å²) in [5, 5.41) is 10.4. The molecule has 0 aliphatic heterocycles. The predicted octanol–water partition coefficient (Wildman–Crippen LogP) is 3.12. The molecule has 2 nitrogen and oxygen atoms in total. The van der Waals surface area contributed by atoms with Crippen molar-refractivity contribution >= 4 is 11.6 Å². The molecular formula is C13H16ClF2NO. The molecule has 2 rings (SSSR count). The molecule has 5 heteroatoms. The van der Waals surface area contributed by atoms with Gasteiger partial charge in [0.2, 0.25) is 0 Å². The van der Waals surface area contributed by atoms with Gasteiger partial charge in [0.15, 0.2) is 0 Å². The van der Waals surface area contributed by atoms with Crippen molar-refractivity contribution in [2.75, 3.05) is 0 Å². The third kappa shape index (κ3) is 2.51. The minimum Gasteiger partial charge on any atom is -0.388 e. The van der Waals surface area contributed by atoms with Gasteiger partial charge in [-0.1, -0.05) is 23.7 Å². The minimum atomic E-state index is -1.21.